The van der Waals surface area contributed by atoms with E-state index in [0.29, 0.717) is 6.04 Å². The Bertz CT molecular complexity index is 670. The molecule has 2 aliphatic rings. The van der Waals surface area contributed by atoms with E-state index in [1.54, 1.807) is 6.07 Å². The van der Waals surface area contributed by atoms with E-state index in [0.717, 1.165) is 57.8 Å². The first-order valence-corrected chi connectivity index (χ1v) is 8.38. The molecule has 0 N–H and O–H groups in total. The Morgan fingerprint density at radius 1 is 1.21 bits per heavy atom. The highest BCUT2D eigenvalue weighted by Gasteiger charge is 2.27. The number of benzene rings is 1. The molecule has 3 rings (SSSR count). The summed E-state index contributed by atoms with van der Waals surface area (Å²) in [5, 5.41) is 11.2. The van der Waals surface area contributed by atoms with Gasteiger partial charge in [0.1, 0.15) is 0 Å². The molecule has 0 unspecified atom stereocenters. The predicted octanol–water partition coefficient (Wildman–Crippen LogP) is 1.82. The third-order valence-corrected chi connectivity index (χ3v) is 5.13. The maximum absolute atomic E-state index is 11.2. The fourth-order valence-corrected chi connectivity index (χ4v) is 3.61. The van der Waals surface area contributed by atoms with Crippen LogP contribution in [0.5, 0.6) is 5.75 Å². The summed E-state index contributed by atoms with van der Waals surface area (Å²) in [5.41, 5.74) is 0.430. The van der Waals surface area contributed by atoms with E-state index < -0.39 is 12.0 Å². The summed E-state index contributed by atoms with van der Waals surface area (Å²) in [5.74, 6) is -0.210. The fraction of sp³-hybridized carbons (Fsp3) is 0.647. The van der Waals surface area contributed by atoms with Gasteiger partial charge in [-0.05, 0) is 26.0 Å². The highest BCUT2D eigenvalue weighted by Crippen LogP contribution is 2.32. The van der Waals surface area contributed by atoms with Crippen molar-refractivity contribution in [1.82, 2.24) is 9.80 Å². The first-order chi connectivity index (χ1) is 12.7. The summed E-state index contributed by atoms with van der Waals surface area (Å²) in [4.78, 5) is 17.6. The average Bonchev–Trinajstić information content (AvgIpc) is 2.61. The number of nitro groups is 1. The standard InChI is InChI=1S/C17H26N4O3/c1-18-9-11-20(12-10-18)14-5-7-19(8-6-14)15-3-4-16(21(22)23)17(13-15)24-2/h3-4,13-14H,5-12H2,1-2H3/i2D3. The second-order valence-corrected chi connectivity index (χ2v) is 6.57. The Morgan fingerprint density at radius 2 is 1.92 bits per heavy atom. The zero-order valence-electron chi connectivity index (χ0n) is 17.0. The van der Waals surface area contributed by atoms with Crippen LogP contribution in [0.2, 0.25) is 0 Å². The minimum atomic E-state index is -2.72. The first-order valence-electron chi connectivity index (χ1n) is 9.88. The van der Waals surface area contributed by atoms with Crippen LogP contribution in [0.4, 0.5) is 11.4 Å². The van der Waals surface area contributed by atoms with Gasteiger partial charge < -0.3 is 14.5 Å². The van der Waals surface area contributed by atoms with Gasteiger partial charge in [0.2, 0.25) is 0 Å². The van der Waals surface area contributed by atoms with Gasteiger partial charge >= 0.3 is 5.69 Å². The van der Waals surface area contributed by atoms with E-state index in [-0.39, 0.29) is 11.4 Å². The summed E-state index contributed by atoms with van der Waals surface area (Å²) >= 11 is 0. The number of hydrogen-bond donors (Lipinski definition) is 0. The molecule has 0 saturated carbocycles. The van der Waals surface area contributed by atoms with E-state index in [4.69, 9.17) is 8.85 Å². The van der Waals surface area contributed by atoms with Crippen LogP contribution >= 0.6 is 0 Å². The smallest absolute Gasteiger partial charge is 0.311 e. The van der Waals surface area contributed by atoms with Crippen molar-refractivity contribution in [2.75, 3.05) is 58.3 Å². The number of piperidine rings is 1. The zero-order valence-corrected chi connectivity index (χ0v) is 14.0. The number of rotatable bonds is 4. The molecule has 1 aromatic rings. The van der Waals surface area contributed by atoms with Crippen LogP contribution in [-0.2, 0) is 0 Å². The summed E-state index contributed by atoms with van der Waals surface area (Å²) in [6.45, 7) is 6.05. The lowest BCUT2D eigenvalue weighted by molar-refractivity contribution is -0.385. The summed E-state index contributed by atoms with van der Waals surface area (Å²) in [6, 6.07) is 5.02. The largest absolute Gasteiger partial charge is 0.490 e. The number of ether oxygens (including phenoxy) is 1. The molecular formula is C17H26N4O3. The molecule has 0 spiro atoms. The molecule has 2 aliphatic heterocycles. The molecule has 2 heterocycles. The zero-order chi connectivity index (χ0) is 19.6. The number of nitrogens with zero attached hydrogens (tertiary/aromatic N) is 4. The summed E-state index contributed by atoms with van der Waals surface area (Å²) in [7, 11) is -0.578. The van der Waals surface area contributed by atoms with Crippen molar-refractivity contribution in [3.05, 3.63) is 28.3 Å². The monoisotopic (exact) mass is 337 g/mol. The van der Waals surface area contributed by atoms with E-state index in [9.17, 15) is 10.1 Å². The lowest BCUT2D eigenvalue weighted by atomic mass is 10.0. The van der Waals surface area contributed by atoms with Gasteiger partial charge in [-0.1, -0.05) is 0 Å². The Hall–Kier alpha value is -1.86. The van der Waals surface area contributed by atoms with E-state index in [2.05, 4.69) is 21.7 Å². The number of likely N-dealkylation sites (N-methyl/N-ethyl adjacent to an activating group) is 1. The van der Waals surface area contributed by atoms with Gasteiger partial charge in [0, 0.05) is 63.1 Å². The molecule has 0 aliphatic carbocycles. The summed E-state index contributed by atoms with van der Waals surface area (Å²) < 4.78 is 26.6. The van der Waals surface area contributed by atoms with E-state index in [1.807, 2.05) is 0 Å². The van der Waals surface area contributed by atoms with Crippen molar-refractivity contribution >= 4 is 11.4 Å². The average molecular weight is 337 g/mol. The van der Waals surface area contributed by atoms with Crippen molar-refractivity contribution in [2.24, 2.45) is 0 Å². The Kier molecular flexibility index (Phi) is 4.12. The van der Waals surface area contributed by atoms with Crippen LogP contribution in [0.15, 0.2) is 18.2 Å². The minimum absolute atomic E-state index is 0.210. The number of methoxy groups -OCH3 is 1. The van der Waals surface area contributed by atoms with Crippen molar-refractivity contribution < 1.29 is 13.8 Å². The predicted molar refractivity (Wildman–Crippen MR) is 94.0 cm³/mol. The number of nitro benzene ring substituents is 1. The van der Waals surface area contributed by atoms with Crippen LogP contribution in [-0.4, -0.2) is 74.1 Å². The lowest BCUT2D eigenvalue weighted by Gasteiger charge is -2.42. The van der Waals surface area contributed by atoms with Crippen molar-refractivity contribution in [2.45, 2.75) is 18.9 Å². The van der Waals surface area contributed by atoms with Crippen molar-refractivity contribution in [3.8, 4) is 5.75 Å². The van der Waals surface area contributed by atoms with Gasteiger partial charge in [0.25, 0.3) is 0 Å². The molecule has 0 amide bonds. The van der Waals surface area contributed by atoms with Gasteiger partial charge in [0.15, 0.2) is 5.75 Å². The molecule has 1 aromatic carbocycles. The minimum Gasteiger partial charge on any atom is -0.490 e. The fourth-order valence-electron chi connectivity index (χ4n) is 3.61. The molecule has 0 radical (unpaired) electrons. The number of anilines is 1. The Morgan fingerprint density at radius 3 is 2.54 bits per heavy atom. The quantitative estimate of drug-likeness (QED) is 0.617. The molecule has 0 bridgehead atoms. The van der Waals surface area contributed by atoms with Gasteiger partial charge in [-0.2, -0.15) is 0 Å². The van der Waals surface area contributed by atoms with Gasteiger partial charge in [-0.15, -0.1) is 0 Å². The second-order valence-electron chi connectivity index (χ2n) is 6.57. The van der Waals surface area contributed by atoms with Crippen LogP contribution in [0.25, 0.3) is 0 Å². The highest BCUT2D eigenvalue weighted by atomic mass is 16.6. The highest BCUT2D eigenvalue weighted by molar-refractivity contribution is 5.59. The van der Waals surface area contributed by atoms with Crippen LogP contribution < -0.4 is 9.64 Å². The van der Waals surface area contributed by atoms with Crippen molar-refractivity contribution in [1.29, 1.82) is 0 Å². The van der Waals surface area contributed by atoms with Crippen molar-refractivity contribution in [3.63, 3.8) is 0 Å². The lowest BCUT2D eigenvalue weighted by Crippen LogP contribution is -2.52. The molecule has 7 heteroatoms. The molecule has 132 valence electrons. The second kappa shape index (κ2) is 7.36. The topological polar surface area (TPSA) is 62.1 Å². The normalized spacial score (nSPS) is 23.4. The maximum atomic E-state index is 11.2. The number of hydrogen-bond acceptors (Lipinski definition) is 6. The third-order valence-electron chi connectivity index (χ3n) is 5.13. The van der Waals surface area contributed by atoms with E-state index >= 15 is 0 Å². The summed E-state index contributed by atoms with van der Waals surface area (Å²) in [6.07, 6.45) is 2.05. The molecule has 2 fully saturated rings. The Labute approximate surface area is 147 Å². The van der Waals surface area contributed by atoms with Gasteiger partial charge in [0.05, 0.1) is 16.1 Å². The molecule has 7 nitrogen and oxygen atoms in total. The first kappa shape index (κ1) is 13.4. The molecule has 2 saturated heterocycles. The van der Waals surface area contributed by atoms with Gasteiger partial charge in [-0.3, -0.25) is 15.0 Å². The molecule has 24 heavy (non-hydrogen) atoms. The van der Waals surface area contributed by atoms with Crippen LogP contribution in [0, 0.1) is 10.1 Å². The van der Waals surface area contributed by atoms with Crippen LogP contribution in [0.1, 0.15) is 17.0 Å². The van der Waals surface area contributed by atoms with E-state index in [1.165, 1.54) is 12.1 Å². The molecule has 0 aromatic heterocycles. The molecule has 0 atom stereocenters. The number of piperazine rings is 1. The Balaban J connectivity index is 1.67. The third kappa shape index (κ3) is 3.62. The van der Waals surface area contributed by atoms with Crippen LogP contribution in [0.3, 0.4) is 0 Å². The SMILES string of the molecule is [2H]C([2H])([2H])Oc1cc(N2CCC(N3CCN(C)CC3)CC2)ccc1[N+](=O)[O-]. The van der Waals surface area contributed by atoms with Gasteiger partial charge in [-0.25, -0.2) is 0 Å². The maximum Gasteiger partial charge on any atom is 0.311 e. The molecular weight excluding hydrogens is 308 g/mol.